The summed E-state index contributed by atoms with van der Waals surface area (Å²) in [5.74, 6) is -0.406. The van der Waals surface area contributed by atoms with Crippen molar-refractivity contribution in [3.63, 3.8) is 0 Å². The number of hydrogen-bond donors (Lipinski definition) is 2. The molecule has 0 aliphatic carbocycles. The molecule has 2 heterocycles. The Morgan fingerprint density at radius 2 is 1.92 bits per heavy atom. The van der Waals surface area contributed by atoms with E-state index in [1.54, 1.807) is 6.92 Å². The van der Waals surface area contributed by atoms with E-state index in [4.69, 9.17) is 17.3 Å². The standard InChI is InChI=1S/C18H16ClF2N3OS/c1-8-4-5-11(9(2)6-8)23-16(25)15-14(22)13-10(3)7-12(18(19,20)21)24-17(13)26-15/h4-7H,22H2,1-3H3,(H,23,25). The zero-order valence-corrected chi connectivity index (χ0v) is 15.9. The largest absolute Gasteiger partial charge is 0.397 e. The molecule has 26 heavy (non-hydrogen) atoms. The fourth-order valence-corrected chi connectivity index (χ4v) is 3.92. The third kappa shape index (κ3) is 3.37. The fourth-order valence-electron chi connectivity index (χ4n) is 2.76. The summed E-state index contributed by atoms with van der Waals surface area (Å²) < 4.78 is 26.8. The number of rotatable bonds is 3. The number of nitrogens with two attached hydrogens (primary N) is 1. The number of carbonyl (C=O) groups excluding carboxylic acids is 1. The van der Waals surface area contributed by atoms with Crippen LogP contribution in [0.1, 0.15) is 32.1 Å². The number of nitrogens with one attached hydrogen (secondary N) is 1. The molecule has 3 aromatic rings. The first-order valence-corrected chi connectivity index (χ1v) is 8.93. The zero-order chi connectivity index (χ0) is 19.2. The monoisotopic (exact) mass is 395 g/mol. The maximum absolute atomic E-state index is 13.4. The van der Waals surface area contributed by atoms with E-state index < -0.39 is 17.0 Å². The van der Waals surface area contributed by atoms with E-state index in [1.807, 2.05) is 32.0 Å². The quantitative estimate of drug-likeness (QED) is 0.588. The van der Waals surface area contributed by atoms with Gasteiger partial charge < -0.3 is 11.1 Å². The van der Waals surface area contributed by atoms with Gasteiger partial charge in [-0.25, -0.2) is 4.98 Å². The minimum absolute atomic E-state index is 0.224. The number of nitrogens with zero attached hydrogens (tertiary/aromatic N) is 1. The second-order valence-corrected chi connectivity index (χ2v) is 7.59. The van der Waals surface area contributed by atoms with Gasteiger partial charge >= 0.3 is 5.38 Å². The number of anilines is 2. The predicted octanol–water partition coefficient (Wildman–Crippen LogP) is 5.34. The van der Waals surface area contributed by atoms with Crippen LogP contribution in [0.25, 0.3) is 10.2 Å². The van der Waals surface area contributed by atoms with Crippen LogP contribution in [0, 0.1) is 20.8 Å². The van der Waals surface area contributed by atoms with Crippen LogP contribution in [0.2, 0.25) is 0 Å². The highest BCUT2D eigenvalue weighted by molar-refractivity contribution is 7.21. The Morgan fingerprint density at radius 1 is 1.23 bits per heavy atom. The van der Waals surface area contributed by atoms with Crippen LogP contribution in [0.4, 0.5) is 20.2 Å². The van der Waals surface area contributed by atoms with Gasteiger partial charge in [-0.2, -0.15) is 8.78 Å². The molecule has 1 aromatic carbocycles. The molecule has 0 atom stereocenters. The zero-order valence-electron chi connectivity index (χ0n) is 14.3. The molecular weight excluding hydrogens is 380 g/mol. The molecule has 2 aromatic heterocycles. The number of thiophene rings is 1. The van der Waals surface area contributed by atoms with Gasteiger partial charge in [0.05, 0.1) is 5.69 Å². The lowest BCUT2D eigenvalue weighted by atomic mass is 10.1. The van der Waals surface area contributed by atoms with Crippen molar-refractivity contribution in [3.8, 4) is 0 Å². The lowest BCUT2D eigenvalue weighted by Gasteiger charge is -2.09. The molecule has 0 saturated heterocycles. The van der Waals surface area contributed by atoms with Crippen LogP contribution in [0.15, 0.2) is 24.3 Å². The molecule has 0 spiro atoms. The Labute approximate surface area is 158 Å². The van der Waals surface area contributed by atoms with Crippen molar-refractivity contribution in [1.82, 2.24) is 4.98 Å². The summed E-state index contributed by atoms with van der Waals surface area (Å²) in [5.41, 5.74) is 8.91. The number of amides is 1. The molecular formula is C18H16ClF2N3OS. The van der Waals surface area contributed by atoms with Crippen LogP contribution in [-0.2, 0) is 5.38 Å². The Balaban J connectivity index is 2.03. The summed E-state index contributed by atoms with van der Waals surface area (Å²) in [6, 6.07) is 6.83. The number of aromatic nitrogens is 1. The molecule has 0 unspecified atom stereocenters. The molecule has 1 amide bonds. The van der Waals surface area contributed by atoms with Gasteiger partial charge in [-0.3, -0.25) is 4.79 Å². The van der Waals surface area contributed by atoms with Crippen LogP contribution in [0.3, 0.4) is 0 Å². The van der Waals surface area contributed by atoms with Gasteiger partial charge in [-0.15, -0.1) is 11.3 Å². The SMILES string of the molecule is Cc1ccc(NC(=O)c2sc3nc(C(F)(F)Cl)cc(C)c3c2N)c(C)c1. The summed E-state index contributed by atoms with van der Waals surface area (Å²) in [7, 11) is 0. The predicted molar refractivity (Wildman–Crippen MR) is 102 cm³/mol. The summed E-state index contributed by atoms with van der Waals surface area (Å²) in [4.78, 5) is 17.0. The number of halogens is 3. The number of carbonyl (C=O) groups is 1. The molecule has 3 rings (SSSR count). The molecule has 4 nitrogen and oxygen atoms in total. The molecule has 3 N–H and O–H groups in total. The fraction of sp³-hybridized carbons (Fsp3) is 0.222. The van der Waals surface area contributed by atoms with Crippen molar-refractivity contribution >= 4 is 50.4 Å². The van der Waals surface area contributed by atoms with E-state index >= 15 is 0 Å². The molecule has 136 valence electrons. The number of pyridine rings is 1. The number of alkyl halides is 3. The first-order chi connectivity index (χ1) is 12.1. The lowest BCUT2D eigenvalue weighted by Crippen LogP contribution is -2.13. The molecule has 0 fully saturated rings. The first kappa shape index (κ1) is 18.5. The van der Waals surface area contributed by atoms with E-state index in [-0.39, 0.29) is 15.4 Å². The molecule has 8 heteroatoms. The topological polar surface area (TPSA) is 68.0 Å². The summed E-state index contributed by atoms with van der Waals surface area (Å²) in [6.07, 6.45) is 0. The normalized spacial score (nSPS) is 11.8. The second-order valence-electron chi connectivity index (χ2n) is 6.12. The average Bonchev–Trinajstić information content (AvgIpc) is 2.87. The Morgan fingerprint density at radius 3 is 2.54 bits per heavy atom. The average molecular weight is 396 g/mol. The van der Waals surface area contributed by atoms with E-state index in [2.05, 4.69) is 10.3 Å². The number of aryl methyl sites for hydroxylation is 3. The second kappa shape index (κ2) is 6.48. The van der Waals surface area contributed by atoms with Crippen molar-refractivity contribution in [3.05, 3.63) is 51.5 Å². The van der Waals surface area contributed by atoms with Gasteiger partial charge in [0.25, 0.3) is 5.91 Å². The van der Waals surface area contributed by atoms with Crippen molar-refractivity contribution < 1.29 is 13.6 Å². The van der Waals surface area contributed by atoms with E-state index in [0.29, 0.717) is 16.6 Å². The van der Waals surface area contributed by atoms with Gasteiger partial charge in [-0.1, -0.05) is 17.7 Å². The van der Waals surface area contributed by atoms with Crippen LogP contribution in [-0.4, -0.2) is 10.9 Å². The van der Waals surface area contributed by atoms with Crippen LogP contribution in [0.5, 0.6) is 0 Å². The summed E-state index contributed by atoms with van der Waals surface area (Å²) in [5, 5.41) is -0.284. The van der Waals surface area contributed by atoms with E-state index in [9.17, 15) is 13.6 Å². The number of benzene rings is 1. The Hall–Kier alpha value is -2.25. The number of nitrogen functional groups attached to an aromatic ring is 1. The molecule has 0 radical (unpaired) electrons. The maximum Gasteiger partial charge on any atom is 0.364 e. The van der Waals surface area contributed by atoms with Crippen molar-refractivity contribution in [2.24, 2.45) is 0 Å². The highest BCUT2D eigenvalue weighted by atomic mass is 35.5. The van der Waals surface area contributed by atoms with Gasteiger partial charge in [-0.05, 0) is 55.6 Å². The van der Waals surface area contributed by atoms with Crippen molar-refractivity contribution in [2.75, 3.05) is 11.1 Å². The highest BCUT2D eigenvalue weighted by Crippen LogP contribution is 2.39. The molecule has 0 aliphatic rings. The molecule has 0 aliphatic heterocycles. The van der Waals surface area contributed by atoms with Gasteiger partial charge in [0, 0.05) is 11.1 Å². The minimum Gasteiger partial charge on any atom is -0.397 e. The third-order valence-corrected chi connectivity index (χ3v) is 5.31. The third-order valence-electron chi connectivity index (χ3n) is 4.02. The number of fused-ring (bicyclic) bond motifs is 1. The van der Waals surface area contributed by atoms with Crippen LogP contribution < -0.4 is 11.1 Å². The van der Waals surface area contributed by atoms with Crippen LogP contribution >= 0.6 is 22.9 Å². The van der Waals surface area contributed by atoms with Crippen molar-refractivity contribution in [1.29, 1.82) is 0 Å². The minimum atomic E-state index is -3.58. The summed E-state index contributed by atoms with van der Waals surface area (Å²) in [6.45, 7) is 5.48. The van der Waals surface area contributed by atoms with Gasteiger partial charge in [0.1, 0.15) is 15.4 Å². The van der Waals surface area contributed by atoms with E-state index in [1.165, 1.54) is 6.07 Å². The van der Waals surface area contributed by atoms with Crippen molar-refractivity contribution in [2.45, 2.75) is 26.2 Å². The maximum atomic E-state index is 13.4. The molecule has 0 bridgehead atoms. The van der Waals surface area contributed by atoms with Gasteiger partial charge in [0.15, 0.2) is 0 Å². The highest BCUT2D eigenvalue weighted by Gasteiger charge is 2.31. The molecule has 0 saturated carbocycles. The first-order valence-electron chi connectivity index (χ1n) is 7.73. The lowest BCUT2D eigenvalue weighted by molar-refractivity contribution is 0.0903. The van der Waals surface area contributed by atoms with E-state index in [0.717, 1.165) is 22.5 Å². The summed E-state index contributed by atoms with van der Waals surface area (Å²) >= 11 is 6.04. The Kier molecular flexibility index (Phi) is 4.62. The Bertz CT molecular complexity index is 1030. The smallest absolute Gasteiger partial charge is 0.364 e. The van der Waals surface area contributed by atoms with Gasteiger partial charge in [0.2, 0.25) is 0 Å². The number of hydrogen-bond acceptors (Lipinski definition) is 4.